The van der Waals surface area contributed by atoms with Crippen molar-refractivity contribution in [3.63, 3.8) is 0 Å². The lowest BCUT2D eigenvalue weighted by Gasteiger charge is -2.21. The lowest BCUT2D eigenvalue weighted by atomic mass is 9.99. The molecule has 1 unspecified atom stereocenters. The first kappa shape index (κ1) is 10.7. The number of hydrogen-bond acceptors (Lipinski definition) is 5. The summed E-state index contributed by atoms with van der Waals surface area (Å²) in [6.45, 7) is 0. The second kappa shape index (κ2) is 3.91. The van der Waals surface area contributed by atoms with Gasteiger partial charge in [0.2, 0.25) is 0 Å². The van der Waals surface area contributed by atoms with Crippen LogP contribution in [0.25, 0.3) is 0 Å². The fraction of sp³-hybridized carbons (Fsp3) is 0.357. The predicted molar refractivity (Wildman–Crippen MR) is 64.6 cm³/mol. The molecule has 5 heteroatoms. The van der Waals surface area contributed by atoms with Crippen LogP contribution < -0.4 is 0 Å². The van der Waals surface area contributed by atoms with Crippen LogP contribution in [0.5, 0.6) is 0 Å². The summed E-state index contributed by atoms with van der Waals surface area (Å²) in [7, 11) is 0. The maximum atomic E-state index is 11.9. The molecule has 1 aliphatic carbocycles. The second-order valence-corrected chi connectivity index (χ2v) is 5.02. The zero-order valence-electron chi connectivity index (χ0n) is 10.2. The normalized spacial score (nSPS) is 21.9. The van der Waals surface area contributed by atoms with Crippen molar-refractivity contribution in [2.75, 3.05) is 0 Å². The molecule has 19 heavy (non-hydrogen) atoms. The van der Waals surface area contributed by atoms with Crippen molar-refractivity contribution in [1.29, 1.82) is 0 Å². The van der Waals surface area contributed by atoms with E-state index in [1.807, 2.05) is 18.2 Å². The van der Waals surface area contributed by atoms with Gasteiger partial charge in [-0.3, -0.25) is 0 Å². The number of carbonyl (C=O) groups is 1. The number of aromatic nitrogens is 2. The summed E-state index contributed by atoms with van der Waals surface area (Å²) >= 11 is 0. The number of nitrogens with zero attached hydrogens (tertiary/aromatic N) is 2. The summed E-state index contributed by atoms with van der Waals surface area (Å²) in [5, 5.41) is 3.96. The second-order valence-electron chi connectivity index (χ2n) is 5.02. The predicted octanol–water partition coefficient (Wildman–Crippen LogP) is 2.40. The van der Waals surface area contributed by atoms with Crippen molar-refractivity contribution in [3.8, 4) is 0 Å². The van der Waals surface area contributed by atoms with Crippen molar-refractivity contribution in [3.05, 3.63) is 47.1 Å². The van der Waals surface area contributed by atoms with Gasteiger partial charge in [0.05, 0.1) is 5.56 Å². The van der Waals surface area contributed by atoms with Gasteiger partial charge in [0.15, 0.2) is 11.9 Å². The highest BCUT2D eigenvalue weighted by Crippen LogP contribution is 2.39. The molecule has 1 saturated carbocycles. The zero-order chi connectivity index (χ0) is 12.8. The fourth-order valence-electron chi connectivity index (χ4n) is 2.35. The number of esters is 1. The smallest absolute Gasteiger partial charge is 0.339 e. The van der Waals surface area contributed by atoms with Gasteiger partial charge in [0, 0.05) is 12.3 Å². The highest BCUT2D eigenvalue weighted by Gasteiger charge is 2.34. The Bertz CT molecular complexity index is 646. The van der Waals surface area contributed by atoms with E-state index in [-0.39, 0.29) is 5.97 Å². The Balaban J connectivity index is 1.64. The molecule has 1 atom stereocenters. The number of cyclic esters (lactones) is 1. The third kappa shape index (κ3) is 1.82. The highest BCUT2D eigenvalue weighted by molar-refractivity contribution is 5.92. The lowest BCUT2D eigenvalue weighted by molar-refractivity contribution is 0.0168. The van der Waals surface area contributed by atoms with Gasteiger partial charge in [-0.05, 0) is 24.5 Å². The average Bonchev–Trinajstić information content (AvgIpc) is 3.16. The van der Waals surface area contributed by atoms with Crippen LogP contribution in [0.1, 0.15) is 52.5 Å². The molecule has 96 valence electrons. The molecule has 1 aromatic carbocycles. The summed E-state index contributed by atoms with van der Waals surface area (Å²) in [6, 6.07) is 7.45. The Morgan fingerprint density at radius 3 is 2.89 bits per heavy atom. The lowest BCUT2D eigenvalue weighted by Crippen LogP contribution is -2.21. The van der Waals surface area contributed by atoms with Gasteiger partial charge in [-0.1, -0.05) is 23.4 Å². The number of hydrogen-bond donors (Lipinski definition) is 0. The van der Waals surface area contributed by atoms with Crippen molar-refractivity contribution < 1.29 is 14.1 Å². The van der Waals surface area contributed by atoms with Crippen LogP contribution in [0.15, 0.2) is 28.8 Å². The maximum Gasteiger partial charge on any atom is 0.339 e. The van der Waals surface area contributed by atoms with Gasteiger partial charge in [0.1, 0.15) is 0 Å². The van der Waals surface area contributed by atoms with Gasteiger partial charge < -0.3 is 9.26 Å². The molecule has 5 nitrogen and oxygen atoms in total. The van der Waals surface area contributed by atoms with E-state index < -0.39 is 6.10 Å². The first-order chi connectivity index (χ1) is 9.31. The van der Waals surface area contributed by atoms with Gasteiger partial charge in [-0.2, -0.15) is 4.98 Å². The number of rotatable bonds is 2. The summed E-state index contributed by atoms with van der Waals surface area (Å²) in [4.78, 5) is 16.3. The number of carbonyl (C=O) groups excluding carboxylic acids is 1. The van der Waals surface area contributed by atoms with E-state index in [1.165, 1.54) is 0 Å². The Kier molecular flexibility index (Phi) is 2.21. The van der Waals surface area contributed by atoms with Crippen molar-refractivity contribution in [1.82, 2.24) is 10.1 Å². The first-order valence-corrected chi connectivity index (χ1v) is 6.43. The van der Waals surface area contributed by atoms with E-state index >= 15 is 0 Å². The molecule has 0 bridgehead atoms. The summed E-state index contributed by atoms with van der Waals surface area (Å²) < 4.78 is 10.6. The standard InChI is InChI=1S/C14H12N2O3/c17-14-10-4-2-1-3-9(10)7-11(18-14)13-15-12(16-19-13)8-5-6-8/h1-4,8,11H,5-7H2. The SMILES string of the molecule is O=C1OC(c2nc(C3CC3)no2)Cc2ccccc21. The Labute approximate surface area is 109 Å². The molecular weight excluding hydrogens is 244 g/mol. The van der Waals surface area contributed by atoms with Crippen LogP contribution in [0.4, 0.5) is 0 Å². The molecule has 0 N–H and O–H groups in total. The highest BCUT2D eigenvalue weighted by atomic mass is 16.6. The molecule has 2 aliphatic rings. The van der Waals surface area contributed by atoms with Crippen molar-refractivity contribution >= 4 is 5.97 Å². The minimum Gasteiger partial charge on any atom is -0.448 e. The van der Waals surface area contributed by atoms with E-state index in [0.717, 1.165) is 24.2 Å². The van der Waals surface area contributed by atoms with E-state index in [9.17, 15) is 4.79 Å². The molecule has 1 fully saturated rings. The maximum absolute atomic E-state index is 11.9. The number of ether oxygens (including phenoxy) is 1. The molecular formula is C14H12N2O3. The quantitative estimate of drug-likeness (QED) is 0.772. The average molecular weight is 256 g/mol. The summed E-state index contributed by atoms with van der Waals surface area (Å²) in [5.74, 6) is 1.26. The van der Waals surface area contributed by atoms with Crippen LogP contribution in [0.2, 0.25) is 0 Å². The van der Waals surface area contributed by atoms with Crippen molar-refractivity contribution in [2.45, 2.75) is 31.3 Å². The Morgan fingerprint density at radius 2 is 2.05 bits per heavy atom. The zero-order valence-corrected chi connectivity index (χ0v) is 10.2. The molecule has 1 aromatic heterocycles. The molecule has 1 aliphatic heterocycles. The third-order valence-electron chi connectivity index (χ3n) is 3.57. The fourth-order valence-corrected chi connectivity index (χ4v) is 2.35. The molecule has 0 amide bonds. The van der Waals surface area contributed by atoms with Crippen LogP contribution in [-0.4, -0.2) is 16.1 Å². The van der Waals surface area contributed by atoms with Crippen molar-refractivity contribution in [2.24, 2.45) is 0 Å². The van der Waals surface area contributed by atoms with E-state index in [4.69, 9.17) is 9.26 Å². The largest absolute Gasteiger partial charge is 0.448 e. The monoisotopic (exact) mass is 256 g/mol. The summed E-state index contributed by atoms with van der Waals surface area (Å²) in [6.07, 6.45) is 2.37. The Hall–Kier alpha value is -2.17. The molecule has 4 rings (SSSR count). The first-order valence-electron chi connectivity index (χ1n) is 6.43. The van der Waals surface area contributed by atoms with E-state index in [1.54, 1.807) is 6.07 Å². The van der Waals surface area contributed by atoms with Gasteiger partial charge in [0.25, 0.3) is 5.89 Å². The molecule has 2 heterocycles. The Morgan fingerprint density at radius 1 is 1.21 bits per heavy atom. The van der Waals surface area contributed by atoms with Crippen LogP contribution in [-0.2, 0) is 11.2 Å². The van der Waals surface area contributed by atoms with E-state index in [0.29, 0.717) is 23.8 Å². The minimum atomic E-state index is -0.456. The number of fused-ring (bicyclic) bond motifs is 1. The van der Waals surface area contributed by atoms with Gasteiger partial charge in [-0.25, -0.2) is 4.79 Å². The minimum absolute atomic E-state index is 0.321. The molecule has 0 spiro atoms. The van der Waals surface area contributed by atoms with Gasteiger partial charge in [-0.15, -0.1) is 0 Å². The molecule has 0 saturated heterocycles. The van der Waals surface area contributed by atoms with Crippen LogP contribution in [0.3, 0.4) is 0 Å². The third-order valence-corrected chi connectivity index (χ3v) is 3.57. The van der Waals surface area contributed by atoms with Crippen LogP contribution in [0, 0.1) is 0 Å². The molecule has 0 radical (unpaired) electrons. The summed E-state index contributed by atoms with van der Waals surface area (Å²) in [5.41, 5.74) is 1.59. The van der Waals surface area contributed by atoms with Crippen LogP contribution >= 0.6 is 0 Å². The van der Waals surface area contributed by atoms with E-state index in [2.05, 4.69) is 10.1 Å². The van der Waals surface area contributed by atoms with Gasteiger partial charge >= 0.3 is 5.97 Å². The topological polar surface area (TPSA) is 65.2 Å². The number of benzene rings is 1. The molecule has 2 aromatic rings.